The third kappa shape index (κ3) is 6.82. The maximum atomic E-state index is 13.8. The van der Waals surface area contributed by atoms with E-state index in [0.29, 0.717) is 43.6 Å². The highest BCUT2D eigenvalue weighted by Gasteiger charge is 2.36. The molecule has 0 N–H and O–H groups in total. The second-order valence-corrected chi connectivity index (χ2v) is 12.8. The fraction of sp³-hybridized carbons (Fsp3) is 0.485. The van der Waals surface area contributed by atoms with Crippen molar-refractivity contribution in [3.05, 3.63) is 70.7 Å². The van der Waals surface area contributed by atoms with Crippen LogP contribution in [0.4, 0.5) is 15.9 Å². The number of carbonyl (C=O) groups excluding carboxylic acids is 1. The minimum absolute atomic E-state index is 0.0547. The summed E-state index contributed by atoms with van der Waals surface area (Å²) in [6.07, 6.45) is 6.77. The Hall–Kier alpha value is -4.01. The van der Waals surface area contributed by atoms with Gasteiger partial charge in [-0.1, -0.05) is 30.3 Å². The van der Waals surface area contributed by atoms with Crippen LogP contribution in [0.3, 0.4) is 0 Å². The summed E-state index contributed by atoms with van der Waals surface area (Å²) in [4.78, 5) is 38.5. The number of anilines is 2. The van der Waals surface area contributed by atoms with Crippen molar-refractivity contribution in [3.8, 4) is 6.01 Å². The number of halogens is 2. The molecule has 3 aliphatic rings. The van der Waals surface area contributed by atoms with Gasteiger partial charge < -0.3 is 29.2 Å². The lowest BCUT2D eigenvalue weighted by molar-refractivity contribution is -0.131. The number of nitrogens with zero attached hydrogens (tertiary/aromatic N) is 8. The van der Waals surface area contributed by atoms with Crippen LogP contribution in [-0.2, 0) is 17.8 Å². The minimum Gasteiger partial charge on any atom is -0.459 e. The molecular formula is C33H38ClFN8O2. The zero-order chi connectivity index (χ0) is 31.7. The average Bonchev–Trinajstić information content (AvgIpc) is 3.83. The van der Waals surface area contributed by atoms with Crippen molar-refractivity contribution in [1.82, 2.24) is 24.8 Å². The van der Waals surface area contributed by atoms with Crippen LogP contribution in [0.15, 0.2) is 43.0 Å². The van der Waals surface area contributed by atoms with Crippen molar-refractivity contribution in [2.75, 3.05) is 62.7 Å². The van der Waals surface area contributed by atoms with Gasteiger partial charge in [0.1, 0.15) is 18.0 Å². The van der Waals surface area contributed by atoms with E-state index < -0.39 is 17.8 Å². The summed E-state index contributed by atoms with van der Waals surface area (Å²) in [5.41, 5.74) is 2.80. The zero-order valence-corrected chi connectivity index (χ0v) is 26.5. The van der Waals surface area contributed by atoms with Crippen LogP contribution < -0.4 is 14.5 Å². The number of rotatable bonds is 10. The topological polar surface area (TPSA) is 82.3 Å². The van der Waals surface area contributed by atoms with Crippen LogP contribution in [-0.4, -0.2) is 95.7 Å². The highest BCUT2D eigenvalue weighted by molar-refractivity contribution is 6.36. The van der Waals surface area contributed by atoms with Crippen LogP contribution >= 0.6 is 11.6 Å². The molecule has 2 aromatic heterocycles. The summed E-state index contributed by atoms with van der Waals surface area (Å²) in [6, 6.07) is 5.62. The first-order valence-corrected chi connectivity index (χ1v) is 15.8. The number of benzene rings is 1. The van der Waals surface area contributed by atoms with E-state index in [-0.39, 0.29) is 19.2 Å². The molecule has 1 aliphatic carbocycles. The molecule has 2 atom stereocenters. The summed E-state index contributed by atoms with van der Waals surface area (Å²) in [7, 11) is 2.11. The van der Waals surface area contributed by atoms with Crippen molar-refractivity contribution in [3.63, 3.8) is 0 Å². The molecule has 10 nitrogen and oxygen atoms in total. The molecule has 12 heteroatoms. The molecule has 3 aromatic rings. The second kappa shape index (κ2) is 13.2. The van der Waals surface area contributed by atoms with Crippen molar-refractivity contribution >= 4 is 39.8 Å². The van der Waals surface area contributed by atoms with Gasteiger partial charge in [-0.2, -0.15) is 9.97 Å². The van der Waals surface area contributed by atoms with E-state index in [1.807, 2.05) is 37.5 Å². The van der Waals surface area contributed by atoms with E-state index >= 15 is 0 Å². The van der Waals surface area contributed by atoms with Gasteiger partial charge in [-0.25, -0.2) is 11.0 Å². The van der Waals surface area contributed by atoms with E-state index in [0.717, 1.165) is 52.5 Å². The molecule has 1 saturated carbocycles. The van der Waals surface area contributed by atoms with E-state index in [1.54, 1.807) is 0 Å². The Morgan fingerprint density at radius 2 is 2.07 bits per heavy atom. The SMILES string of the molecule is [C-]#[N+]C[C@H]1CN(c2nc(O[C@@H](C)CN(C)CC3CC3)nc3c2CCN(c2cncc4cccc(Cl)c24)C3)CCN1C(=O)C(=C)F. The lowest BCUT2D eigenvalue weighted by Gasteiger charge is -2.41. The standard InChI is InChI=1S/C33H38ClFN8O2/c1-21(17-40(4)18-23-8-9-23)45-33-38-28-20-41(29-16-37-14-24-6-5-7-27(34)30(24)29)11-10-26(28)31(39-33)42-12-13-43(32(44)22(2)35)25(19-42)15-36-3/h5-7,14,16,21,23,25H,2,8-13,15,17-20H2,1,4H3/t21-,25-/m0/s1. The molecule has 0 bridgehead atoms. The summed E-state index contributed by atoms with van der Waals surface area (Å²) in [6.45, 7) is 16.8. The first-order valence-electron chi connectivity index (χ1n) is 15.5. The van der Waals surface area contributed by atoms with Crippen LogP contribution in [0.25, 0.3) is 15.6 Å². The number of likely N-dealkylation sites (N-methyl/N-ethyl adjacent to an activating group) is 1. The van der Waals surface area contributed by atoms with Crippen LogP contribution in [0, 0.1) is 12.5 Å². The van der Waals surface area contributed by atoms with E-state index in [1.165, 1.54) is 17.7 Å². The van der Waals surface area contributed by atoms with Gasteiger partial charge >= 0.3 is 6.01 Å². The molecule has 45 heavy (non-hydrogen) atoms. The van der Waals surface area contributed by atoms with E-state index in [2.05, 4.69) is 38.2 Å². The van der Waals surface area contributed by atoms with Crippen molar-refractivity contribution < 1.29 is 13.9 Å². The van der Waals surface area contributed by atoms with Gasteiger partial charge in [0.25, 0.3) is 5.91 Å². The minimum atomic E-state index is -1.02. The van der Waals surface area contributed by atoms with E-state index in [4.69, 9.17) is 32.9 Å². The smallest absolute Gasteiger partial charge is 0.318 e. The zero-order valence-electron chi connectivity index (χ0n) is 25.8. The number of hydrogen-bond donors (Lipinski definition) is 0. The summed E-state index contributed by atoms with van der Waals surface area (Å²) in [5, 5.41) is 2.59. The largest absolute Gasteiger partial charge is 0.459 e. The van der Waals surface area contributed by atoms with Gasteiger partial charge in [-0.15, -0.1) is 0 Å². The Labute approximate surface area is 268 Å². The molecule has 1 saturated heterocycles. The molecule has 4 heterocycles. The van der Waals surface area contributed by atoms with Crippen LogP contribution in [0.1, 0.15) is 31.0 Å². The van der Waals surface area contributed by atoms with Crippen molar-refractivity contribution in [2.45, 2.75) is 44.9 Å². The number of amides is 1. The summed E-state index contributed by atoms with van der Waals surface area (Å²) in [5.74, 6) is -0.264. The normalized spacial score (nSPS) is 18.9. The molecule has 0 spiro atoms. The first kappa shape index (κ1) is 31.0. The number of hydrogen-bond acceptors (Lipinski definition) is 8. The average molecular weight is 633 g/mol. The van der Waals surface area contributed by atoms with Gasteiger partial charge in [0.2, 0.25) is 6.54 Å². The monoisotopic (exact) mass is 632 g/mol. The molecular weight excluding hydrogens is 595 g/mol. The Balaban J connectivity index is 1.32. The number of ether oxygens (including phenoxy) is 1. The van der Waals surface area contributed by atoms with Gasteiger partial charge in [0, 0.05) is 61.8 Å². The fourth-order valence-corrected chi connectivity index (χ4v) is 6.80. The highest BCUT2D eigenvalue weighted by Crippen LogP contribution is 2.37. The predicted octanol–water partition coefficient (Wildman–Crippen LogP) is 4.77. The third-order valence-corrected chi connectivity index (χ3v) is 9.11. The second-order valence-electron chi connectivity index (χ2n) is 12.4. The third-order valence-electron chi connectivity index (χ3n) is 8.80. The van der Waals surface area contributed by atoms with Gasteiger partial charge in [0.05, 0.1) is 29.1 Å². The number of aromatic nitrogens is 3. The first-order chi connectivity index (χ1) is 21.7. The quantitative estimate of drug-likeness (QED) is 0.234. The van der Waals surface area contributed by atoms with Gasteiger partial charge in [-0.05, 0) is 45.2 Å². The summed E-state index contributed by atoms with van der Waals surface area (Å²) < 4.78 is 20.2. The van der Waals surface area contributed by atoms with Crippen molar-refractivity contribution in [2.24, 2.45) is 5.92 Å². The van der Waals surface area contributed by atoms with Crippen molar-refractivity contribution in [1.29, 1.82) is 0 Å². The van der Waals surface area contributed by atoms with E-state index in [9.17, 15) is 9.18 Å². The highest BCUT2D eigenvalue weighted by atomic mass is 35.5. The maximum absolute atomic E-state index is 13.8. The number of piperazine rings is 1. The Morgan fingerprint density at radius 3 is 2.82 bits per heavy atom. The lowest BCUT2D eigenvalue weighted by Crippen LogP contribution is -2.57. The molecule has 0 unspecified atom stereocenters. The lowest BCUT2D eigenvalue weighted by atomic mass is 10.0. The number of fused-ring (bicyclic) bond motifs is 2. The van der Waals surface area contributed by atoms with Gasteiger partial charge in [-0.3, -0.25) is 9.78 Å². The van der Waals surface area contributed by atoms with Crippen LogP contribution in [0.2, 0.25) is 5.02 Å². The predicted molar refractivity (Wildman–Crippen MR) is 173 cm³/mol. The van der Waals surface area contributed by atoms with Gasteiger partial charge in [0.15, 0.2) is 5.83 Å². The molecule has 1 amide bonds. The molecule has 1 aromatic carbocycles. The molecule has 2 fully saturated rings. The Kier molecular flexibility index (Phi) is 9.06. The number of pyridine rings is 1. The molecule has 0 radical (unpaired) electrons. The fourth-order valence-electron chi connectivity index (χ4n) is 6.52. The Bertz CT molecular complexity index is 1640. The number of carbonyl (C=O) groups is 1. The molecule has 236 valence electrons. The molecule has 6 rings (SSSR count). The molecule has 2 aliphatic heterocycles. The Morgan fingerprint density at radius 1 is 1.24 bits per heavy atom. The maximum Gasteiger partial charge on any atom is 0.318 e. The van der Waals surface area contributed by atoms with Crippen LogP contribution in [0.5, 0.6) is 6.01 Å². The summed E-state index contributed by atoms with van der Waals surface area (Å²) >= 11 is 6.67.